The molecule has 2 unspecified atom stereocenters. The van der Waals surface area contributed by atoms with Gasteiger partial charge in [0.1, 0.15) is 19.3 Å². The molecule has 19 heteroatoms. The molecule has 0 aliphatic carbocycles. The number of hydrogen-bond donors (Lipinski definition) is 3. The number of rotatable bonds is 69. The van der Waals surface area contributed by atoms with Crippen molar-refractivity contribution < 1.29 is 80.2 Å². The summed E-state index contributed by atoms with van der Waals surface area (Å²) < 4.78 is 68.2. The van der Waals surface area contributed by atoms with Crippen molar-refractivity contribution in [2.24, 2.45) is 11.8 Å². The monoisotopic (exact) mass is 1310 g/mol. The second kappa shape index (κ2) is 62.2. The van der Waals surface area contributed by atoms with Crippen molar-refractivity contribution in [2.45, 2.75) is 374 Å². The predicted molar refractivity (Wildman–Crippen MR) is 358 cm³/mol. The van der Waals surface area contributed by atoms with Crippen LogP contribution in [0.25, 0.3) is 0 Å². The maximum atomic E-state index is 13.0. The molecule has 0 saturated carbocycles. The number of carbonyl (C=O) groups excluding carboxylic acids is 4. The number of aliphatic hydroxyl groups is 1. The molecule has 0 spiro atoms. The van der Waals surface area contributed by atoms with Crippen molar-refractivity contribution in [3.63, 3.8) is 0 Å². The van der Waals surface area contributed by atoms with Crippen LogP contribution in [0.4, 0.5) is 0 Å². The summed E-state index contributed by atoms with van der Waals surface area (Å²) in [6.07, 6.45) is 47.2. The first-order valence-electron chi connectivity index (χ1n) is 36.5. The van der Waals surface area contributed by atoms with E-state index in [1.807, 2.05) is 0 Å². The Morgan fingerprint density at radius 3 is 0.764 bits per heavy atom. The van der Waals surface area contributed by atoms with Gasteiger partial charge in [0.05, 0.1) is 26.4 Å². The summed E-state index contributed by atoms with van der Waals surface area (Å²) in [7, 11) is -9.90. The molecule has 0 saturated heterocycles. The number of ether oxygens (including phenoxy) is 4. The molecule has 0 radical (unpaired) electrons. The van der Waals surface area contributed by atoms with E-state index in [4.69, 9.17) is 37.0 Å². The highest BCUT2D eigenvalue weighted by atomic mass is 31.2. The minimum absolute atomic E-state index is 0.105. The lowest BCUT2D eigenvalue weighted by atomic mass is 10.0. The van der Waals surface area contributed by atoms with E-state index in [9.17, 15) is 43.2 Å². The van der Waals surface area contributed by atoms with Crippen LogP contribution < -0.4 is 0 Å². The largest absolute Gasteiger partial charge is 0.472 e. The number of phosphoric acid groups is 2. The molecule has 3 N–H and O–H groups in total. The summed E-state index contributed by atoms with van der Waals surface area (Å²) in [4.78, 5) is 72.5. The van der Waals surface area contributed by atoms with E-state index in [2.05, 4.69) is 41.5 Å². The predicted octanol–water partition coefficient (Wildman–Crippen LogP) is 20.0. The molecule has 0 rings (SSSR count). The average molecular weight is 1310 g/mol. The van der Waals surface area contributed by atoms with Gasteiger partial charge in [-0.05, 0) is 37.5 Å². The van der Waals surface area contributed by atoms with E-state index in [1.54, 1.807) is 0 Å². The van der Waals surface area contributed by atoms with Gasteiger partial charge in [-0.2, -0.15) is 0 Å². The van der Waals surface area contributed by atoms with Crippen molar-refractivity contribution in [1.82, 2.24) is 0 Å². The quantitative estimate of drug-likeness (QED) is 0.0222. The van der Waals surface area contributed by atoms with Crippen molar-refractivity contribution in [3.8, 4) is 0 Å². The normalized spacial score (nSPS) is 14.1. The fourth-order valence-electron chi connectivity index (χ4n) is 10.6. The molecule has 528 valence electrons. The Hall–Kier alpha value is -1.94. The van der Waals surface area contributed by atoms with Gasteiger partial charge in [0, 0.05) is 25.7 Å². The Kier molecular flexibility index (Phi) is 60.8. The maximum absolute atomic E-state index is 13.0. The third kappa shape index (κ3) is 64.6. The number of unbranched alkanes of at least 4 members (excludes halogenated alkanes) is 39. The van der Waals surface area contributed by atoms with Gasteiger partial charge in [-0.3, -0.25) is 37.3 Å². The van der Waals surface area contributed by atoms with Crippen LogP contribution in [0.3, 0.4) is 0 Å². The highest BCUT2D eigenvalue weighted by molar-refractivity contribution is 7.47. The number of phosphoric ester groups is 2. The third-order valence-corrected chi connectivity index (χ3v) is 18.1. The van der Waals surface area contributed by atoms with Crippen LogP contribution in [-0.2, 0) is 65.4 Å². The molecule has 0 aromatic heterocycles. The number of aliphatic hydroxyl groups excluding tert-OH is 1. The number of esters is 4. The fourth-order valence-corrected chi connectivity index (χ4v) is 12.2. The second-order valence-electron chi connectivity index (χ2n) is 26.2. The van der Waals surface area contributed by atoms with Crippen molar-refractivity contribution in [3.05, 3.63) is 0 Å². The lowest BCUT2D eigenvalue weighted by molar-refractivity contribution is -0.161. The molecule has 0 amide bonds. The van der Waals surface area contributed by atoms with Gasteiger partial charge in [-0.25, -0.2) is 9.13 Å². The minimum atomic E-state index is -4.95. The Morgan fingerprint density at radius 1 is 0.303 bits per heavy atom. The molecule has 0 heterocycles. The van der Waals surface area contributed by atoms with Gasteiger partial charge in [0.2, 0.25) is 0 Å². The SMILES string of the molecule is CCCCCCCCCCCCCCCC(=O)OC[C@H](COP(=O)(O)OC[C@@H](O)COP(=O)(O)OC[C@@H](COC(=O)CCCCCCCCCC)OC(=O)CCCCCCCCCCCC(C)C)OC(=O)CCCCCCCCCCCCCCCC(C)C. The Balaban J connectivity index is 5.23. The molecule has 0 aliphatic heterocycles. The van der Waals surface area contributed by atoms with E-state index < -0.39 is 97.5 Å². The summed E-state index contributed by atoms with van der Waals surface area (Å²) in [6, 6.07) is 0. The molecule has 89 heavy (non-hydrogen) atoms. The van der Waals surface area contributed by atoms with Crippen LogP contribution in [0.2, 0.25) is 0 Å². The Morgan fingerprint density at radius 2 is 0.517 bits per heavy atom. The Labute approximate surface area is 543 Å². The topological polar surface area (TPSA) is 237 Å². The first-order valence-corrected chi connectivity index (χ1v) is 39.5. The molecule has 0 aliphatic rings. The lowest BCUT2D eigenvalue weighted by Crippen LogP contribution is -2.30. The van der Waals surface area contributed by atoms with Gasteiger partial charge < -0.3 is 33.8 Å². The molecular weight excluding hydrogens is 1170 g/mol. The molecule has 0 aromatic rings. The highest BCUT2D eigenvalue weighted by Crippen LogP contribution is 2.45. The zero-order valence-electron chi connectivity index (χ0n) is 57.7. The van der Waals surface area contributed by atoms with Gasteiger partial charge >= 0.3 is 39.5 Å². The molecular formula is C70H136O17P2. The third-order valence-electron chi connectivity index (χ3n) is 16.2. The molecule has 17 nitrogen and oxygen atoms in total. The number of hydrogen-bond acceptors (Lipinski definition) is 15. The molecule has 0 fully saturated rings. The first kappa shape index (κ1) is 87.1. The van der Waals surface area contributed by atoms with E-state index in [0.29, 0.717) is 25.7 Å². The average Bonchev–Trinajstić information content (AvgIpc) is 3.71. The second-order valence-corrected chi connectivity index (χ2v) is 29.1. The van der Waals surface area contributed by atoms with Crippen molar-refractivity contribution in [2.75, 3.05) is 39.6 Å². The zero-order chi connectivity index (χ0) is 65.7. The molecule has 0 bridgehead atoms. The van der Waals surface area contributed by atoms with Crippen molar-refractivity contribution in [1.29, 1.82) is 0 Å². The minimum Gasteiger partial charge on any atom is -0.462 e. The van der Waals surface area contributed by atoms with Gasteiger partial charge in [-0.1, -0.05) is 305 Å². The summed E-state index contributed by atoms with van der Waals surface area (Å²) in [6.45, 7) is 9.52. The first-order chi connectivity index (χ1) is 42.9. The molecule has 5 atom stereocenters. The van der Waals surface area contributed by atoms with Crippen LogP contribution in [0, 0.1) is 11.8 Å². The summed E-state index contributed by atoms with van der Waals surface area (Å²) in [5.74, 6) is -0.602. The summed E-state index contributed by atoms with van der Waals surface area (Å²) >= 11 is 0. The van der Waals surface area contributed by atoms with Gasteiger partial charge in [0.15, 0.2) is 12.2 Å². The van der Waals surface area contributed by atoms with Crippen LogP contribution in [0.5, 0.6) is 0 Å². The standard InChI is InChI=1S/C70H136O17P2/c1-7-9-11-13-15-17-18-20-24-29-35-41-47-53-68(73)81-59-66(86-69(74)54-48-42-36-30-25-22-19-21-23-27-32-38-44-50-62(3)4)61-85-89(78,79)83-57-64(71)56-82-88(76,77)84-60-65(58-80-67(72)52-46-40-34-16-14-12-10-8-2)87-70(75)55-49-43-37-31-26-28-33-39-45-51-63(5)6/h62-66,71H,7-61H2,1-6H3,(H,76,77)(H,78,79)/t64-,65+,66+/m0/s1. The smallest absolute Gasteiger partial charge is 0.462 e. The van der Waals surface area contributed by atoms with E-state index in [0.717, 1.165) is 108 Å². The van der Waals surface area contributed by atoms with Gasteiger partial charge in [-0.15, -0.1) is 0 Å². The van der Waals surface area contributed by atoms with E-state index in [1.165, 1.54) is 167 Å². The summed E-state index contributed by atoms with van der Waals surface area (Å²) in [5, 5.41) is 10.6. The van der Waals surface area contributed by atoms with Crippen LogP contribution >= 0.6 is 15.6 Å². The van der Waals surface area contributed by atoms with Crippen molar-refractivity contribution >= 4 is 39.5 Å². The zero-order valence-corrected chi connectivity index (χ0v) is 59.5. The fraction of sp³-hybridized carbons (Fsp3) is 0.943. The van der Waals surface area contributed by atoms with E-state index >= 15 is 0 Å². The number of carbonyl (C=O) groups is 4. The van der Waals surface area contributed by atoms with E-state index in [-0.39, 0.29) is 25.7 Å². The summed E-state index contributed by atoms with van der Waals surface area (Å²) in [5.41, 5.74) is 0. The van der Waals surface area contributed by atoms with Gasteiger partial charge in [0.25, 0.3) is 0 Å². The highest BCUT2D eigenvalue weighted by Gasteiger charge is 2.30. The molecule has 0 aromatic carbocycles. The van der Waals surface area contributed by atoms with Crippen LogP contribution in [0.1, 0.15) is 356 Å². The maximum Gasteiger partial charge on any atom is 0.472 e. The van der Waals surface area contributed by atoms with Crippen LogP contribution in [0.15, 0.2) is 0 Å². The Bertz CT molecular complexity index is 1730. The van der Waals surface area contributed by atoms with Crippen LogP contribution in [-0.4, -0.2) is 96.7 Å². The lowest BCUT2D eigenvalue weighted by Gasteiger charge is -2.21.